The van der Waals surface area contributed by atoms with Gasteiger partial charge in [0.15, 0.2) is 0 Å². The first-order valence-electron chi connectivity index (χ1n) is 9.27. The summed E-state index contributed by atoms with van der Waals surface area (Å²) in [6.07, 6.45) is 8.64. The van der Waals surface area contributed by atoms with Gasteiger partial charge in [0.05, 0.1) is 18.2 Å². The molecule has 0 saturated heterocycles. The van der Waals surface area contributed by atoms with Crippen molar-refractivity contribution in [1.29, 1.82) is 5.26 Å². The Hall–Kier alpha value is -2.31. The molecule has 0 unspecified atom stereocenters. The third-order valence-electron chi connectivity index (χ3n) is 4.32. The minimum absolute atomic E-state index is 0.683. The summed E-state index contributed by atoms with van der Waals surface area (Å²) in [7, 11) is 0. The van der Waals surface area contributed by atoms with Crippen LogP contribution in [-0.4, -0.2) is 13.2 Å². The van der Waals surface area contributed by atoms with Crippen molar-refractivity contribution < 1.29 is 4.74 Å². The largest absolute Gasteiger partial charge is 0.494 e. The molecule has 0 radical (unpaired) electrons. The summed E-state index contributed by atoms with van der Waals surface area (Å²) in [5.74, 6) is 0.917. The lowest BCUT2D eigenvalue weighted by Crippen LogP contribution is -1.98. The maximum absolute atomic E-state index is 8.85. The predicted molar refractivity (Wildman–Crippen MR) is 103 cm³/mol. The van der Waals surface area contributed by atoms with Crippen molar-refractivity contribution >= 4 is 0 Å². The molecule has 0 spiro atoms. The molecule has 132 valence electrons. The van der Waals surface area contributed by atoms with Gasteiger partial charge in [-0.1, -0.05) is 56.4 Å². The Bertz CT molecular complexity index is 641. The number of ether oxygens (including phenoxy) is 1. The van der Waals surface area contributed by atoms with Crippen LogP contribution < -0.4 is 10.5 Å². The van der Waals surface area contributed by atoms with Gasteiger partial charge in [0.25, 0.3) is 0 Å². The van der Waals surface area contributed by atoms with Gasteiger partial charge in [-0.3, -0.25) is 0 Å². The first-order valence-corrected chi connectivity index (χ1v) is 9.27. The summed E-state index contributed by atoms with van der Waals surface area (Å²) in [5, 5.41) is 8.85. The summed E-state index contributed by atoms with van der Waals surface area (Å²) < 4.78 is 5.82. The number of benzene rings is 2. The van der Waals surface area contributed by atoms with E-state index in [0.717, 1.165) is 42.9 Å². The topological polar surface area (TPSA) is 59.0 Å². The van der Waals surface area contributed by atoms with Gasteiger partial charge in [-0.05, 0) is 54.8 Å². The van der Waals surface area contributed by atoms with Crippen LogP contribution in [0.2, 0.25) is 0 Å². The van der Waals surface area contributed by atoms with Gasteiger partial charge >= 0.3 is 0 Å². The molecule has 0 bridgehead atoms. The van der Waals surface area contributed by atoms with E-state index in [4.69, 9.17) is 15.7 Å². The Morgan fingerprint density at radius 1 is 0.720 bits per heavy atom. The van der Waals surface area contributed by atoms with Crippen LogP contribution in [0.4, 0.5) is 0 Å². The summed E-state index contributed by atoms with van der Waals surface area (Å²) >= 11 is 0. The number of nitriles is 1. The van der Waals surface area contributed by atoms with Gasteiger partial charge in [-0.2, -0.15) is 5.26 Å². The molecule has 0 fully saturated rings. The fraction of sp³-hybridized carbons (Fsp3) is 0.409. The van der Waals surface area contributed by atoms with Crippen molar-refractivity contribution in [1.82, 2.24) is 0 Å². The van der Waals surface area contributed by atoms with E-state index in [1.807, 2.05) is 36.4 Å². The molecule has 0 heterocycles. The standard InChI is InChI=1S/C22H28N2O/c23-16-6-4-2-1-3-5-7-17-25-22-14-12-21(13-15-22)20-10-8-19(18-24)9-11-20/h8-15H,1-7,16-17,23H2. The molecule has 0 amide bonds. The van der Waals surface area contributed by atoms with E-state index in [0.29, 0.717) is 5.56 Å². The lowest BCUT2D eigenvalue weighted by atomic mass is 10.0. The predicted octanol–water partition coefficient (Wildman–Crippen LogP) is 5.29. The minimum Gasteiger partial charge on any atom is -0.494 e. The second-order valence-electron chi connectivity index (χ2n) is 6.33. The molecule has 0 saturated carbocycles. The van der Waals surface area contributed by atoms with Gasteiger partial charge in [0.2, 0.25) is 0 Å². The van der Waals surface area contributed by atoms with Crippen molar-refractivity contribution in [3.05, 3.63) is 54.1 Å². The Kier molecular flexibility index (Phi) is 8.58. The lowest BCUT2D eigenvalue weighted by Gasteiger charge is -2.08. The molecule has 0 aromatic heterocycles. The summed E-state index contributed by atoms with van der Waals surface area (Å²) in [6.45, 7) is 1.59. The molecule has 2 aromatic rings. The van der Waals surface area contributed by atoms with Crippen LogP contribution in [0, 0.1) is 11.3 Å². The third-order valence-corrected chi connectivity index (χ3v) is 4.32. The maximum Gasteiger partial charge on any atom is 0.119 e. The maximum atomic E-state index is 8.85. The van der Waals surface area contributed by atoms with Crippen LogP contribution in [0.25, 0.3) is 11.1 Å². The molecule has 2 N–H and O–H groups in total. The molecule has 2 rings (SSSR count). The quantitative estimate of drug-likeness (QED) is 0.567. The van der Waals surface area contributed by atoms with Crippen molar-refractivity contribution in [2.75, 3.05) is 13.2 Å². The number of nitrogens with zero attached hydrogens (tertiary/aromatic N) is 1. The number of hydrogen-bond donors (Lipinski definition) is 1. The summed E-state index contributed by atoms with van der Waals surface area (Å²) in [4.78, 5) is 0. The summed E-state index contributed by atoms with van der Waals surface area (Å²) in [5.41, 5.74) is 8.42. The van der Waals surface area contributed by atoms with E-state index in [9.17, 15) is 0 Å². The molecule has 25 heavy (non-hydrogen) atoms. The molecule has 0 aliphatic heterocycles. The van der Waals surface area contributed by atoms with Crippen LogP contribution in [0.5, 0.6) is 5.75 Å². The fourth-order valence-corrected chi connectivity index (χ4v) is 2.80. The van der Waals surface area contributed by atoms with Crippen molar-refractivity contribution in [3.8, 4) is 22.9 Å². The average Bonchev–Trinajstić information content (AvgIpc) is 2.67. The normalized spacial score (nSPS) is 10.4. The van der Waals surface area contributed by atoms with Crippen LogP contribution in [0.15, 0.2) is 48.5 Å². The van der Waals surface area contributed by atoms with Crippen LogP contribution in [0.1, 0.15) is 50.5 Å². The van der Waals surface area contributed by atoms with E-state index in [-0.39, 0.29) is 0 Å². The van der Waals surface area contributed by atoms with Crippen molar-refractivity contribution in [2.45, 2.75) is 44.9 Å². The number of nitrogens with two attached hydrogens (primary N) is 1. The van der Waals surface area contributed by atoms with Gasteiger partial charge in [-0.25, -0.2) is 0 Å². The molecule has 3 nitrogen and oxygen atoms in total. The zero-order valence-electron chi connectivity index (χ0n) is 14.9. The van der Waals surface area contributed by atoms with Crippen molar-refractivity contribution in [3.63, 3.8) is 0 Å². The second-order valence-corrected chi connectivity index (χ2v) is 6.33. The minimum atomic E-state index is 0.683. The number of unbranched alkanes of at least 4 members (excludes halogenated alkanes) is 6. The van der Waals surface area contributed by atoms with Gasteiger partial charge in [0, 0.05) is 0 Å². The van der Waals surface area contributed by atoms with E-state index < -0.39 is 0 Å². The number of hydrogen-bond acceptors (Lipinski definition) is 3. The Labute approximate surface area is 151 Å². The van der Waals surface area contributed by atoms with E-state index >= 15 is 0 Å². The molecule has 0 atom stereocenters. The highest BCUT2D eigenvalue weighted by Gasteiger charge is 2.00. The zero-order valence-corrected chi connectivity index (χ0v) is 14.9. The van der Waals surface area contributed by atoms with E-state index in [2.05, 4.69) is 18.2 Å². The Balaban J connectivity index is 1.66. The highest BCUT2D eigenvalue weighted by Crippen LogP contribution is 2.23. The SMILES string of the molecule is N#Cc1ccc(-c2ccc(OCCCCCCCCCN)cc2)cc1. The van der Waals surface area contributed by atoms with Gasteiger partial charge in [-0.15, -0.1) is 0 Å². The van der Waals surface area contributed by atoms with E-state index in [1.54, 1.807) is 0 Å². The zero-order chi connectivity index (χ0) is 17.7. The molecular formula is C22H28N2O. The molecule has 3 heteroatoms. The van der Waals surface area contributed by atoms with Crippen molar-refractivity contribution in [2.24, 2.45) is 5.73 Å². The first kappa shape index (κ1) is 19.0. The van der Waals surface area contributed by atoms with Gasteiger partial charge in [0.1, 0.15) is 5.75 Å². The highest BCUT2D eigenvalue weighted by atomic mass is 16.5. The molecule has 2 aromatic carbocycles. The Morgan fingerprint density at radius 3 is 1.80 bits per heavy atom. The lowest BCUT2D eigenvalue weighted by molar-refractivity contribution is 0.304. The summed E-state index contributed by atoms with van der Waals surface area (Å²) in [6, 6.07) is 17.9. The smallest absolute Gasteiger partial charge is 0.119 e. The number of rotatable bonds is 11. The molecule has 0 aliphatic carbocycles. The van der Waals surface area contributed by atoms with Gasteiger partial charge < -0.3 is 10.5 Å². The highest BCUT2D eigenvalue weighted by molar-refractivity contribution is 5.64. The third kappa shape index (κ3) is 6.99. The first-order chi connectivity index (χ1) is 12.3. The van der Waals surface area contributed by atoms with Crippen LogP contribution >= 0.6 is 0 Å². The van der Waals surface area contributed by atoms with E-state index in [1.165, 1.54) is 32.1 Å². The fourth-order valence-electron chi connectivity index (χ4n) is 2.80. The average molecular weight is 336 g/mol. The van der Waals surface area contributed by atoms with Crippen LogP contribution in [0.3, 0.4) is 0 Å². The Morgan fingerprint density at radius 2 is 1.24 bits per heavy atom. The van der Waals surface area contributed by atoms with Crippen LogP contribution in [-0.2, 0) is 0 Å². The molecular weight excluding hydrogens is 308 g/mol. The molecule has 0 aliphatic rings. The monoisotopic (exact) mass is 336 g/mol. The second kappa shape index (κ2) is 11.3.